The molecule has 0 radical (unpaired) electrons. The molecule has 0 bridgehead atoms. The van der Waals surface area contributed by atoms with E-state index in [1.54, 1.807) is 6.08 Å². The Morgan fingerprint density at radius 3 is 2.52 bits per heavy atom. The van der Waals surface area contributed by atoms with Gasteiger partial charge in [0.1, 0.15) is 0 Å². The third kappa shape index (κ3) is 5.45. The van der Waals surface area contributed by atoms with Crippen molar-refractivity contribution in [2.24, 2.45) is 0 Å². The quantitative estimate of drug-likeness (QED) is 0.611. The molecule has 2 rings (SSSR count). The highest BCUT2D eigenvalue weighted by Crippen LogP contribution is 2.32. The molecule has 27 heavy (non-hydrogen) atoms. The first-order valence-corrected chi connectivity index (χ1v) is 9.43. The Morgan fingerprint density at radius 2 is 1.89 bits per heavy atom. The lowest BCUT2D eigenvalue weighted by Crippen LogP contribution is -2.43. The molecule has 1 aromatic heterocycles. The van der Waals surface area contributed by atoms with E-state index in [0.29, 0.717) is 6.04 Å². The van der Waals surface area contributed by atoms with Crippen LogP contribution in [0.5, 0.6) is 0 Å². The molecule has 7 heteroatoms. The molecule has 0 aliphatic heterocycles. The number of nitrogens with zero attached hydrogens (tertiary/aromatic N) is 1. The molecular formula is C20H29N3O4. The number of rotatable bonds is 5. The number of esters is 1. The van der Waals surface area contributed by atoms with Crippen LogP contribution in [0.4, 0.5) is 4.79 Å². The maximum atomic E-state index is 12.0. The Morgan fingerprint density at radius 1 is 1.22 bits per heavy atom. The zero-order chi connectivity index (χ0) is 20.0. The van der Waals surface area contributed by atoms with Crippen molar-refractivity contribution in [3.63, 3.8) is 0 Å². The van der Waals surface area contributed by atoms with E-state index in [-0.39, 0.29) is 0 Å². The number of amides is 3. The minimum Gasteiger partial charge on any atom is -0.449 e. The summed E-state index contributed by atoms with van der Waals surface area (Å²) in [6.45, 7) is 5.56. The highest BCUT2D eigenvalue weighted by Gasteiger charge is 2.20. The van der Waals surface area contributed by atoms with E-state index in [0.717, 1.165) is 11.3 Å². The molecule has 2 N–H and O–H groups in total. The minimum absolute atomic E-state index is 0.529. The number of aryl methyl sites for hydroxylation is 1. The highest BCUT2D eigenvalue weighted by atomic mass is 16.5. The van der Waals surface area contributed by atoms with Gasteiger partial charge in [-0.15, -0.1) is 0 Å². The predicted molar refractivity (Wildman–Crippen MR) is 103 cm³/mol. The first kappa shape index (κ1) is 20.7. The molecule has 7 nitrogen and oxygen atoms in total. The molecular weight excluding hydrogens is 346 g/mol. The summed E-state index contributed by atoms with van der Waals surface area (Å²) in [4.78, 5) is 34.8. The van der Waals surface area contributed by atoms with Gasteiger partial charge in [0.05, 0.1) is 0 Å². The van der Waals surface area contributed by atoms with Gasteiger partial charge in [-0.1, -0.05) is 19.3 Å². The molecule has 1 atom stereocenters. The van der Waals surface area contributed by atoms with E-state index in [1.807, 2.05) is 0 Å². The second-order valence-corrected chi connectivity index (χ2v) is 6.97. The molecule has 0 saturated heterocycles. The lowest BCUT2D eigenvalue weighted by molar-refractivity contribution is -0.149. The molecule has 1 aliphatic carbocycles. The van der Waals surface area contributed by atoms with Crippen molar-refractivity contribution < 1.29 is 19.1 Å². The maximum Gasteiger partial charge on any atom is 0.331 e. The van der Waals surface area contributed by atoms with Gasteiger partial charge in [-0.2, -0.15) is 0 Å². The molecule has 1 fully saturated rings. The molecule has 0 spiro atoms. The van der Waals surface area contributed by atoms with Crippen LogP contribution in [0.2, 0.25) is 0 Å². The van der Waals surface area contributed by atoms with Crippen LogP contribution in [0.1, 0.15) is 62.0 Å². The summed E-state index contributed by atoms with van der Waals surface area (Å²) in [5, 5.41) is 4.33. The van der Waals surface area contributed by atoms with Crippen molar-refractivity contribution in [1.29, 1.82) is 0 Å². The van der Waals surface area contributed by atoms with Gasteiger partial charge >= 0.3 is 12.0 Å². The van der Waals surface area contributed by atoms with Crippen LogP contribution in [0, 0.1) is 13.8 Å². The van der Waals surface area contributed by atoms with Gasteiger partial charge in [0.25, 0.3) is 5.91 Å². The summed E-state index contributed by atoms with van der Waals surface area (Å²) in [5.41, 5.74) is 3.29. The van der Waals surface area contributed by atoms with Crippen LogP contribution >= 0.6 is 0 Å². The van der Waals surface area contributed by atoms with Crippen LogP contribution in [0.15, 0.2) is 12.1 Å². The minimum atomic E-state index is -1.06. The van der Waals surface area contributed by atoms with Gasteiger partial charge in [-0.05, 0) is 51.3 Å². The zero-order valence-electron chi connectivity index (χ0n) is 16.5. The topological polar surface area (TPSA) is 89.4 Å². The van der Waals surface area contributed by atoms with Crippen molar-refractivity contribution in [3.05, 3.63) is 29.1 Å². The number of nitrogens with one attached hydrogen (secondary N) is 2. The zero-order valence-corrected chi connectivity index (χ0v) is 16.5. The lowest BCUT2D eigenvalue weighted by Gasteiger charge is -2.26. The van der Waals surface area contributed by atoms with E-state index < -0.39 is 24.0 Å². The monoisotopic (exact) mass is 375 g/mol. The van der Waals surface area contributed by atoms with Crippen molar-refractivity contribution in [2.75, 3.05) is 7.05 Å². The summed E-state index contributed by atoms with van der Waals surface area (Å²) in [6.07, 6.45) is 8.18. The number of aromatic nitrogens is 1. The molecule has 0 aromatic carbocycles. The van der Waals surface area contributed by atoms with E-state index in [2.05, 4.69) is 35.1 Å². The van der Waals surface area contributed by atoms with Crippen LogP contribution in [0.3, 0.4) is 0 Å². The Bertz CT molecular complexity index is 730. The SMILES string of the molecule is CNC(=O)NC(=O)C(C)OC(=O)C=Cc1cc(C)n(C2CCCCC2)c1C. The van der Waals surface area contributed by atoms with Crippen LogP contribution in [-0.4, -0.2) is 35.6 Å². The fourth-order valence-corrected chi connectivity index (χ4v) is 3.57. The first-order chi connectivity index (χ1) is 12.8. The summed E-state index contributed by atoms with van der Waals surface area (Å²) in [5.74, 6) is -1.30. The van der Waals surface area contributed by atoms with Crippen LogP contribution in [0.25, 0.3) is 6.08 Å². The van der Waals surface area contributed by atoms with Gasteiger partial charge in [0.15, 0.2) is 6.10 Å². The number of hydrogen-bond donors (Lipinski definition) is 2. The van der Waals surface area contributed by atoms with Gasteiger partial charge in [0, 0.05) is 30.6 Å². The van der Waals surface area contributed by atoms with E-state index in [4.69, 9.17) is 4.74 Å². The molecule has 1 saturated carbocycles. The largest absolute Gasteiger partial charge is 0.449 e. The second kappa shape index (κ2) is 9.39. The number of imide groups is 1. The number of carbonyl (C=O) groups is 3. The average Bonchev–Trinajstić information content (AvgIpc) is 2.93. The first-order valence-electron chi connectivity index (χ1n) is 9.43. The molecule has 1 heterocycles. The molecule has 148 valence electrons. The fourth-order valence-electron chi connectivity index (χ4n) is 3.57. The summed E-state index contributed by atoms with van der Waals surface area (Å²) in [6, 6.07) is 1.95. The number of urea groups is 1. The smallest absolute Gasteiger partial charge is 0.331 e. The third-order valence-electron chi connectivity index (χ3n) is 4.99. The molecule has 3 amide bonds. The second-order valence-electron chi connectivity index (χ2n) is 6.97. The number of carbonyl (C=O) groups excluding carboxylic acids is 3. The van der Waals surface area contributed by atoms with Crippen molar-refractivity contribution in [1.82, 2.24) is 15.2 Å². The van der Waals surface area contributed by atoms with Gasteiger partial charge in [-0.25, -0.2) is 9.59 Å². The van der Waals surface area contributed by atoms with E-state index >= 15 is 0 Å². The lowest BCUT2D eigenvalue weighted by atomic mass is 9.95. The molecule has 1 aliphatic rings. The van der Waals surface area contributed by atoms with Crippen LogP contribution in [-0.2, 0) is 14.3 Å². The van der Waals surface area contributed by atoms with Crippen molar-refractivity contribution in [3.8, 4) is 0 Å². The normalized spacial score (nSPS) is 16.1. The molecule has 1 unspecified atom stereocenters. The van der Waals surface area contributed by atoms with Crippen LogP contribution < -0.4 is 10.6 Å². The Hall–Kier alpha value is -2.57. The number of hydrogen-bond acceptors (Lipinski definition) is 4. The third-order valence-corrected chi connectivity index (χ3v) is 4.99. The van der Waals surface area contributed by atoms with Gasteiger partial charge in [-0.3, -0.25) is 10.1 Å². The van der Waals surface area contributed by atoms with Crippen molar-refractivity contribution in [2.45, 2.75) is 65.0 Å². The standard InChI is InChI=1S/C20H29N3O4/c1-13-12-16(14(2)23(13)17-8-6-5-7-9-17)10-11-18(24)27-15(3)19(25)22-20(26)21-4/h10-12,15,17H,5-9H2,1-4H3,(H2,21,22,25,26). The Balaban J connectivity index is 1.99. The Kier molecular flexibility index (Phi) is 7.21. The summed E-state index contributed by atoms with van der Waals surface area (Å²) in [7, 11) is 1.39. The summed E-state index contributed by atoms with van der Waals surface area (Å²) >= 11 is 0. The van der Waals surface area contributed by atoms with E-state index in [1.165, 1.54) is 57.8 Å². The highest BCUT2D eigenvalue weighted by molar-refractivity contribution is 5.98. The predicted octanol–water partition coefficient (Wildman–Crippen LogP) is 3.01. The Labute approximate surface area is 160 Å². The maximum absolute atomic E-state index is 12.0. The van der Waals surface area contributed by atoms with Crippen molar-refractivity contribution >= 4 is 24.0 Å². The van der Waals surface area contributed by atoms with E-state index in [9.17, 15) is 14.4 Å². The fraction of sp³-hybridized carbons (Fsp3) is 0.550. The van der Waals surface area contributed by atoms with Gasteiger partial charge < -0.3 is 14.6 Å². The average molecular weight is 375 g/mol. The summed E-state index contributed by atoms with van der Waals surface area (Å²) < 4.78 is 7.41. The number of ether oxygens (including phenoxy) is 1. The van der Waals surface area contributed by atoms with Gasteiger partial charge in [0.2, 0.25) is 0 Å². The molecule has 1 aromatic rings.